The molecule has 1 nitrogen and oxygen atoms in total. The van der Waals surface area contributed by atoms with Gasteiger partial charge in [-0.25, -0.2) is 0 Å². The lowest BCUT2D eigenvalue weighted by atomic mass is 10.5. The first-order valence-electron chi connectivity index (χ1n) is 2.55. The topological polar surface area (TPSA) is 17.1 Å². The van der Waals surface area contributed by atoms with E-state index in [0.29, 0.717) is 5.02 Å². The third kappa shape index (κ3) is 1.86. The van der Waals surface area contributed by atoms with E-state index < -0.39 is 0 Å². The van der Waals surface area contributed by atoms with Gasteiger partial charge in [0.1, 0.15) is 0 Å². The molecule has 0 saturated heterocycles. The van der Waals surface area contributed by atoms with E-state index in [1.807, 2.05) is 0 Å². The molecule has 0 unspecified atom stereocenters. The predicted octanol–water partition coefficient (Wildman–Crippen LogP) is 1.70. The lowest BCUT2D eigenvalue weighted by molar-refractivity contribution is 1.68. The van der Waals surface area contributed by atoms with E-state index in [1.54, 1.807) is 18.2 Å². The zero-order valence-corrected chi connectivity index (χ0v) is 5.43. The van der Waals surface area contributed by atoms with Gasteiger partial charge in [-0.3, -0.25) is 4.79 Å². The minimum Gasteiger partial charge on any atom is -0.290 e. The van der Waals surface area contributed by atoms with Gasteiger partial charge >= 0.3 is 0 Å². The summed E-state index contributed by atoms with van der Waals surface area (Å²) < 4.78 is 0. The minimum absolute atomic E-state index is 0.0260. The Hall–Kier alpha value is -0.820. The van der Waals surface area contributed by atoms with Crippen molar-refractivity contribution in [3.63, 3.8) is 0 Å². The second-order valence-electron chi connectivity index (χ2n) is 1.65. The Bertz CT molecular complexity index is 257. The van der Waals surface area contributed by atoms with Crippen molar-refractivity contribution >= 4 is 11.6 Å². The van der Waals surface area contributed by atoms with Crippen LogP contribution in [0.2, 0.25) is 5.02 Å². The van der Waals surface area contributed by atoms with Crippen molar-refractivity contribution < 1.29 is 0 Å². The maximum atomic E-state index is 10.6. The highest BCUT2D eigenvalue weighted by Crippen LogP contribution is 2.00. The molecular formula is C7H5ClO. The van der Waals surface area contributed by atoms with Gasteiger partial charge in [-0.2, -0.15) is 0 Å². The lowest BCUT2D eigenvalue weighted by Crippen LogP contribution is -1.87. The molecule has 0 N–H and O–H groups in total. The Morgan fingerprint density at radius 1 is 1.11 bits per heavy atom. The first kappa shape index (κ1) is 6.30. The molecule has 0 bridgehead atoms. The summed E-state index contributed by atoms with van der Waals surface area (Å²) in [5.74, 6) is 0. The van der Waals surface area contributed by atoms with Crippen LogP contribution in [0.5, 0.6) is 0 Å². The molecule has 0 heterocycles. The summed E-state index contributed by atoms with van der Waals surface area (Å²) in [6.07, 6.45) is 0. The number of hydrogen-bond donors (Lipinski definition) is 0. The quantitative estimate of drug-likeness (QED) is 0.536. The average molecular weight is 141 g/mol. The maximum absolute atomic E-state index is 10.6. The van der Waals surface area contributed by atoms with E-state index in [2.05, 4.69) is 0 Å². The lowest BCUT2D eigenvalue weighted by Gasteiger charge is -1.70. The Morgan fingerprint density at radius 3 is 2.67 bits per heavy atom. The van der Waals surface area contributed by atoms with E-state index in [4.69, 9.17) is 11.6 Å². The summed E-state index contributed by atoms with van der Waals surface area (Å²) >= 11 is 5.56. The Kier molecular flexibility index (Phi) is 1.85. The van der Waals surface area contributed by atoms with E-state index in [-0.39, 0.29) is 5.43 Å². The molecule has 1 rings (SSSR count). The Morgan fingerprint density at radius 2 is 1.89 bits per heavy atom. The Labute approximate surface area is 57.9 Å². The number of halogens is 1. The molecular weight excluding hydrogens is 136 g/mol. The van der Waals surface area contributed by atoms with E-state index in [9.17, 15) is 4.79 Å². The van der Waals surface area contributed by atoms with Gasteiger partial charge in [0.25, 0.3) is 0 Å². The summed E-state index contributed by atoms with van der Waals surface area (Å²) in [5, 5.41) is 0.581. The molecule has 1 aromatic carbocycles. The summed E-state index contributed by atoms with van der Waals surface area (Å²) in [4.78, 5) is 10.6. The first-order chi connectivity index (χ1) is 4.29. The average Bonchev–Trinajstić information content (AvgIpc) is 1.97. The van der Waals surface area contributed by atoms with Gasteiger partial charge in [-0.15, -0.1) is 0 Å². The second-order valence-corrected chi connectivity index (χ2v) is 2.08. The monoisotopic (exact) mass is 140 g/mol. The number of rotatable bonds is 0. The highest BCUT2D eigenvalue weighted by Gasteiger charge is 1.79. The Balaban J connectivity index is 3.33. The van der Waals surface area contributed by atoms with Gasteiger partial charge in [0.2, 0.25) is 0 Å². The van der Waals surface area contributed by atoms with Gasteiger partial charge in [0.15, 0.2) is 5.43 Å². The highest BCUT2D eigenvalue weighted by atomic mass is 35.5. The highest BCUT2D eigenvalue weighted by molar-refractivity contribution is 6.30. The molecule has 0 aliphatic rings. The summed E-state index contributed by atoms with van der Waals surface area (Å²) in [7, 11) is 0. The largest absolute Gasteiger partial charge is 0.290 e. The van der Waals surface area contributed by atoms with Crippen molar-refractivity contribution in [2.24, 2.45) is 0 Å². The van der Waals surface area contributed by atoms with Crippen molar-refractivity contribution in [3.8, 4) is 0 Å². The van der Waals surface area contributed by atoms with E-state index in [1.165, 1.54) is 12.1 Å². The molecule has 2 heteroatoms. The van der Waals surface area contributed by atoms with Crippen LogP contribution in [0.3, 0.4) is 0 Å². The van der Waals surface area contributed by atoms with Crippen molar-refractivity contribution in [2.75, 3.05) is 0 Å². The first-order valence-corrected chi connectivity index (χ1v) is 2.93. The fourth-order valence-electron chi connectivity index (χ4n) is 0.508. The summed E-state index contributed by atoms with van der Waals surface area (Å²) in [6, 6.07) is 7.77. The molecule has 9 heavy (non-hydrogen) atoms. The smallest absolute Gasteiger partial charge is 0.178 e. The molecule has 0 aliphatic carbocycles. The molecule has 0 fully saturated rings. The molecule has 0 saturated carbocycles. The van der Waals surface area contributed by atoms with Crippen LogP contribution < -0.4 is 5.43 Å². The molecule has 0 radical (unpaired) electrons. The van der Waals surface area contributed by atoms with Gasteiger partial charge in [0, 0.05) is 5.02 Å². The van der Waals surface area contributed by atoms with Crippen LogP contribution in [0.1, 0.15) is 0 Å². The van der Waals surface area contributed by atoms with E-state index in [0.717, 1.165) is 0 Å². The zero-order chi connectivity index (χ0) is 6.69. The molecule has 46 valence electrons. The van der Waals surface area contributed by atoms with Crippen LogP contribution in [0, 0.1) is 0 Å². The van der Waals surface area contributed by atoms with Crippen LogP contribution in [-0.2, 0) is 0 Å². The van der Waals surface area contributed by atoms with Gasteiger partial charge in [-0.1, -0.05) is 17.7 Å². The molecule has 0 amide bonds. The van der Waals surface area contributed by atoms with Crippen molar-refractivity contribution in [2.45, 2.75) is 0 Å². The minimum atomic E-state index is -0.0260. The SMILES string of the molecule is O=c1cccc(Cl)cc1. The molecule has 0 spiro atoms. The van der Waals surface area contributed by atoms with E-state index >= 15 is 0 Å². The standard InChI is InChI=1S/C7H5ClO/c8-6-2-1-3-7(9)5-4-6/h1-5H. The molecule has 0 aliphatic heterocycles. The third-order valence-corrected chi connectivity index (χ3v) is 1.17. The second kappa shape index (κ2) is 2.65. The fourth-order valence-corrected chi connectivity index (χ4v) is 0.643. The van der Waals surface area contributed by atoms with Crippen LogP contribution >= 0.6 is 11.6 Å². The van der Waals surface area contributed by atoms with Crippen molar-refractivity contribution in [1.82, 2.24) is 0 Å². The normalized spacial score (nSPS) is 9.00. The van der Waals surface area contributed by atoms with Gasteiger partial charge in [-0.05, 0) is 24.3 Å². The zero-order valence-electron chi connectivity index (χ0n) is 4.67. The van der Waals surface area contributed by atoms with Crippen LogP contribution in [0.25, 0.3) is 0 Å². The summed E-state index contributed by atoms with van der Waals surface area (Å²) in [5.41, 5.74) is -0.0260. The molecule has 1 aromatic rings. The summed E-state index contributed by atoms with van der Waals surface area (Å²) in [6.45, 7) is 0. The van der Waals surface area contributed by atoms with Crippen LogP contribution in [0.15, 0.2) is 35.1 Å². The van der Waals surface area contributed by atoms with Crippen molar-refractivity contribution in [1.29, 1.82) is 0 Å². The molecule has 0 aromatic heterocycles. The van der Waals surface area contributed by atoms with Gasteiger partial charge < -0.3 is 0 Å². The van der Waals surface area contributed by atoms with Gasteiger partial charge in [0.05, 0.1) is 0 Å². The third-order valence-electron chi connectivity index (χ3n) is 0.923. The number of hydrogen-bond acceptors (Lipinski definition) is 1. The fraction of sp³-hybridized carbons (Fsp3) is 0. The van der Waals surface area contributed by atoms with Crippen LogP contribution in [0.4, 0.5) is 0 Å². The molecule has 0 atom stereocenters. The van der Waals surface area contributed by atoms with Crippen molar-refractivity contribution in [3.05, 3.63) is 45.6 Å². The predicted molar refractivity (Wildman–Crippen MR) is 37.7 cm³/mol. The van der Waals surface area contributed by atoms with Crippen LogP contribution in [-0.4, -0.2) is 0 Å². The maximum Gasteiger partial charge on any atom is 0.178 e.